The monoisotopic (exact) mass is 315 g/mol. The van der Waals surface area contributed by atoms with E-state index in [1.54, 1.807) is 6.33 Å². The maximum atomic E-state index is 4.69. The van der Waals surface area contributed by atoms with Crippen molar-refractivity contribution in [2.24, 2.45) is 0 Å². The molecule has 3 aliphatic rings. The van der Waals surface area contributed by atoms with Crippen LogP contribution in [0.1, 0.15) is 37.4 Å². The number of anilines is 1. The van der Waals surface area contributed by atoms with Crippen LogP contribution in [0.2, 0.25) is 0 Å². The minimum absolute atomic E-state index is 0.873. The van der Waals surface area contributed by atoms with Crippen LogP contribution in [-0.2, 0) is 12.8 Å². The van der Waals surface area contributed by atoms with Crippen molar-refractivity contribution in [3.63, 3.8) is 0 Å². The lowest BCUT2D eigenvalue weighted by atomic mass is 9.91. The quantitative estimate of drug-likeness (QED) is 0.846. The summed E-state index contributed by atoms with van der Waals surface area (Å²) in [5.74, 6) is 1.22. The zero-order valence-electron chi connectivity index (χ0n) is 14.4. The van der Waals surface area contributed by atoms with Gasteiger partial charge in [0.15, 0.2) is 0 Å². The topological polar surface area (TPSA) is 35.5 Å². The second kappa shape index (κ2) is 6.73. The summed E-state index contributed by atoms with van der Waals surface area (Å²) < 4.78 is 0. The van der Waals surface area contributed by atoms with Crippen molar-refractivity contribution in [1.29, 1.82) is 0 Å². The fourth-order valence-electron chi connectivity index (χ4n) is 4.19. The summed E-state index contributed by atoms with van der Waals surface area (Å²) in [7, 11) is 0. The van der Waals surface area contributed by atoms with Gasteiger partial charge in [0, 0.05) is 57.3 Å². The first kappa shape index (κ1) is 15.3. The molecule has 2 fully saturated rings. The lowest BCUT2D eigenvalue weighted by Crippen LogP contribution is -2.52. The molecule has 3 heterocycles. The van der Waals surface area contributed by atoms with Crippen molar-refractivity contribution in [2.45, 2.75) is 45.1 Å². The molecule has 0 spiro atoms. The number of hydrogen-bond donors (Lipinski definition) is 0. The van der Waals surface area contributed by atoms with Crippen LogP contribution >= 0.6 is 0 Å². The van der Waals surface area contributed by atoms with Crippen molar-refractivity contribution in [3.05, 3.63) is 17.6 Å². The Balaban J connectivity index is 1.47. The minimum Gasteiger partial charge on any atom is -0.354 e. The van der Waals surface area contributed by atoms with Crippen molar-refractivity contribution < 1.29 is 0 Å². The van der Waals surface area contributed by atoms with E-state index in [0.717, 1.165) is 51.6 Å². The summed E-state index contributed by atoms with van der Waals surface area (Å²) in [5, 5.41) is 0. The zero-order chi connectivity index (χ0) is 15.6. The average molecular weight is 315 g/mol. The first-order valence-electron chi connectivity index (χ1n) is 9.39. The van der Waals surface area contributed by atoms with Crippen LogP contribution in [-0.4, -0.2) is 71.6 Å². The molecule has 4 rings (SSSR count). The van der Waals surface area contributed by atoms with Gasteiger partial charge in [-0.25, -0.2) is 9.97 Å². The first-order valence-corrected chi connectivity index (χ1v) is 9.39. The molecule has 1 saturated heterocycles. The lowest BCUT2D eigenvalue weighted by Gasteiger charge is -2.43. The van der Waals surface area contributed by atoms with Gasteiger partial charge >= 0.3 is 0 Å². The SMILES string of the molecule is CCN1CCc2ncnc(N3CCN(C4CCC4)CC3)c2CC1. The summed E-state index contributed by atoms with van der Waals surface area (Å²) in [6.45, 7) is 10.3. The molecule has 1 aliphatic carbocycles. The molecule has 0 N–H and O–H groups in total. The van der Waals surface area contributed by atoms with E-state index in [1.807, 2.05) is 0 Å². The highest BCUT2D eigenvalue weighted by Crippen LogP contribution is 2.28. The van der Waals surface area contributed by atoms with E-state index < -0.39 is 0 Å². The average Bonchev–Trinajstić information content (AvgIpc) is 2.76. The second-order valence-electron chi connectivity index (χ2n) is 7.16. The van der Waals surface area contributed by atoms with Gasteiger partial charge < -0.3 is 9.80 Å². The number of fused-ring (bicyclic) bond motifs is 1. The number of piperazine rings is 1. The van der Waals surface area contributed by atoms with Gasteiger partial charge in [0.2, 0.25) is 0 Å². The van der Waals surface area contributed by atoms with Gasteiger partial charge in [-0.3, -0.25) is 4.90 Å². The van der Waals surface area contributed by atoms with E-state index in [2.05, 4.69) is 26.6 Å². The molecular formula is C18H29N5. The number of hydrogen-bond acceptors (Lipinski definition) is 5. The van der Waals surface area contributed by atoms with Crippen LogP contribution in [0.5, 0.6) is 0 Å². The Morgan fingerprint density at radius 1 is 1.00 bits per heavy atom. The predicted molar refractivity (Wildman–Crippen MR) is 93.0 cm³/mol. The Morgan fingerprint density at radius 2 is 1.78 bits per heavy atom. The maximum Gasteiger partial charge on any atom is 0.135 e. The third kappa shape index (κ3) is 3.09. The van der Waals surface area contributed by atoms with Gasteiger partial charge in [0.05, 0.1) is 5.69 Å². The molecular weight excluding hydrogens is 286 g/mol. The highest BCUT2D eigenvalue weighted by Gasteiger charge is 2.29. The largest absolute Gasteiger partial charge is 0.354 e. The predicted octanol–water partition coefficient (Wildman–Crippen LogP) is 1.57. The number of nitrogens with zero attached hydrogens (tertiary/aromatic N) is 5. The smallest absolute Gasteiger partial charge is 0.135 e. The molecule has 0 atom stereocenters. The summed E-state index contributed by atoms with van der Waals surface area (Å²) >= 11 is 0. The molecule has 1 aromatic rings. The highest BCUT2D eigenvalue weighted by atomic mass is 15.3. The van der Waals surface area contributed by atoms with Crippen LogP contribution in [0.15, 0.2) is 6.33 Å². The van der Waals surface area contributed by atoms with Gasteiger partial charge in [0.25, 0.3) is 0 Å². The molecule has 1 saturated carbocycles. The Kier molecular flexibility index (Phi) is 4.49. The fraction of sp³-hybridized carbons (Fsp3) is 0.778. The van der Waals surface area contributed by atoms with Crippen LogP contribution in [0.25, 0.3) is 0 Å². The number of rotatable bonds is 3. The summed E-state index contributed by atoms with van der Waals surface area (Å²) in [5.41, 5.74) is 2.70. The molecule has 0 bridgehead atoms. The first-order chi connectivity index (χ1) is 11.3. The number of likely N-dealkylation sites (N-methyl/N-ethyl adjacent to an activating group) is 1. The maximum absolute atomic E-state index is 4.69. The van der Waals surface area contributed by atoms with Crippen LogP contribution in [0, 0.1) is 0 Å². The van der Waals surface area contributed by atoms with E-state index >= 15 is 0 Å². The molecule has 0 radical (unpaired) electrons. The molecule has 0 aromatic carbocycles. The summed E-state index contributed by atoms with van der Waals surface area (Å²) in [6, 6.07) is 0.873. The Labute approximate surface area is 139 Å². The molecule has 0 unspecified atom stereocenters. The standard InChI is InChI=1S/C18H29N5/c1-2-21-8-6-16-17(7-9-21)19-14-20-18(16)23-12-10-22(11-13-23)15-4-3-5-15/h14-15H,2-13H2,1H3. The van der Waals surface area contributed by atoms with Crippen molar-refractivity contribution >= 4 is 5.82 Å². The van der Waals surface area contributed by atoms with Crippen LogP contribution in [0.4, 0.5) is 5.82 Å². The Hall–Kier alpha value is -1.20. The normalized spacial score (nSPS) is 24.1. The van der Waals surface area contributed by atoms with Gasteiger partial charge in [-0.15, -0.1) is 0 Å². The zero-order valence-corrected chi connectivity index (χ0v) is 14.4. The van der Waals surface area contributed by atoms with Crippen molar-refractivity contribution in [3.8, 4) is 0 Å². The molecule has 23 heavy (non-hydrogen) atoms. The third-order valence-corrected chi connectivity index (χ3v) is 6.01. The fourth-order valence-corrected chi connectivity index (χ4v) is 4.19. The van der Waals surface area contributed by atoms with Gasteiger partial charge in [-0.05, 0) is 25.8 Å². The van der Waals surface area contributed by atoms with E-state index in [9.17, 15) is 0 Å². The molecule has 5 nitrogen and oxygen atoms in total. The molecule has 2 aliphatic heterocycles. The second-order valence-corrected chi connectivity index (χ2v) is 7.16. The Bertz CT molecular complexity index is 534. The van der Waals surface area contributed by atoms with E-state index in [1.165, 1.54) is 49.4 Å². The number of aromatic nitrogens is 2. The van der Waals surface area contributed by atoms with Crippen LogP contribution in [0.3, 0.4) is 0 Å². The lowest BCUT2D eigenvalue weighted by molar-refractivity contribution is 0.120. The van der Waals surface area contributed by atoms with E-state index in [0.29, 0.717) is 0 Å². The third-order valence-electron chi connectivity index (χ3n) is 6.01. The highest BCUT2D eigenvalue weighted by molar-refractivity contribution is 5.49. The van der Waals surface area contributed by atoms with Crippen molar-refractivity contribution in [2.75, 3.05) is 50.7 Å². The molecule has 1 aromatic heterocycles. The van der Waals surface area contributed by atoms with Gasteiger partial charge in [-0.1, -0.05) is 13.3 Å². The molecule has 126 valence electrons. The van der Waals surface area contributed by atoms with Crippen molar-refractivity contribution in [1.82, 2.24) is 19.8 Å². The summed E-state index contributed by atoms with van der Waals surface area (Å²) in [6.07, 6.45) is 8.21. The van der Waals surface area contributed by atoms with E-state index in [4.69, 9.17) is 4.98 Å². The summed E-state index contributed by atoms with van der Waals surface area (Å²) in [4.78, 5) is 17.0. The van der Waals surface area contributed by atoms with E-state index in [-0.39, 0.29) is 0 Å². The minimum atomic E-state index is 0.873. The Morgan fingerprint density at radius 3 is 2.48 bits per heavy atom. The van der Waals surface area contributed by atoms with Gasteiger partial charge in [0.1, 0.15) is 12.1 Å². The van der Waals surface area contributed by atoms with Crippen LogP contribution < -0.4 is 4.90 Å². The molecule has 0 amide bonds. The molecule has 5 heteroatoms. The van der Waals surface area contributed by atoms with Gasteiger partial charge in [-0.2, -0.15) is 0 Å².